The molecule has 34 heavy (non-hydrogen) atoms. The van der Waals surface area contributed by atoms with Crippen molar-refractivity contribution in [1.29, 1.82) is 0 Å². The standard InChI is InChI=1S/C27H23N5OS/c33-26-11-5-7-19-6-1-4-10-24(19)32(26)16-25-29-23(17-34-25)18-12-14-20(15-13-18)28-27-30-21-8-2-3-9-22(21)31-27/h1-4,6,8-10,12-15,17H,5,7,11,16H2,(H2,28,30,31). The van der Waals surface area contributed by atoms with E-state index in [1.54, 1.807) is 11.3 Å². The van der Waals surface area contributed by atoms with Gasteiger partial charge >= 0.3 is 0 Å². The normalized spacial score (nSPS) is 13.6. The predicted octanol–water partition coefficient (Wildman–Crippen LogP) is 6.30. The highest BCUT2D eigenvalue weighted by Crippen LogP contribution is 2.30. The summed E-state index contributed by atoms with van der Waals surface area (Å²) in [5, 5.41) is 6.32. The number of aromatic amines is 1. The maximum Gasteiger partial charge on any atom is 0.227 e. The second kappa shape index (κ2) is 8.76. The monoisotopic (exact) mass is 465 g/mol. The smallest absolute Gasteiger partial charge is 0.227 e. The zero-order valence-corrected chi connectivity index (χ0v) is 19.3. The quantitative estimate of drug-likeness (QED) is 0.319. The summed E-state index contributed by atoms with van der Waals surface area (Å²) in [5.41, 5.74) is 7.10. The molecule has 0 saturated carbocycles. The number of benzene rings is 3. The van der Waals surface area contributed by atoms with Gasteiger partial charge in [0.05, 0.1) is 23.3 Å². The number of carbonyl (C=O) groups excluding carboxylic acids is 1. The van der Waals surface area contributed by atoms with Crippen LogP contribution in [0.2, 0.25) is 0 Å². The number of thiazole rings is 1. The molecule has 7 heteroatoms. The maximum atomic E-state index is 12.8. The van der Waals surface area contributed by atoms with Gasteiger partial charge in [-0.15, -0.1) is 11.3 Å². The lowest BCUT2D eigenvalue weighted by Crippen LogP contribution is -2.29. The molecule has 0 aliphatic carbocycles. The fourth-order valence-electron chi connectivity index (χ4n) is 4.38. The first-order chi connectivity index (χ1) is 16.7. The second-order valence-electron chi connectivity index (χ2n) is 8.39. The van der Waals surface area contributed by atoms with Gasteiger partial charge in [-0.1, -0.05) is 42.5 Å². The van der Waals surface area contributed by atoms with Gasteiger partial charge in [0.15, 0.2) is 0 Å². The van der Waals surface area contributed by atoms with Crippen LogP contribution in [-0.2, 0) is 17.8 Å². The number of carbonyl (C=O) groups is 1. The van der Waals surface area contributed by atoms with Crippen LogP contribution in [0, 0.1) is 0 Å². The van der Waals surface area contributed by atoms with Gasteiger partial charge < -0.3 is 15.2 Å². The van der Waals surface area contributed by atoms with Gasteiger partial charge in [0.25, 0.3) is 0 Å². The van der Waals surface area contributed by atoms with Gasteiger partial charge in [-0.25, -0.2) is 9.97 Å². The number of hydrogen-bond acceptors (Lipinski definition) is 5. The van der Waals surface area contributed by atoms with Crippen LogP contribution in [0.5, 0.6) is 0 Å². The van der Waals surface area contributed by atoms with E-state index in [9.17, 15) is 4.79 Å². The Morgan fingerprint density at radius 3 is 2.65 bits per heavy atom. The van der Waals surface area contributed by atoms with Crippen molar-refractivity contribution >= 4 is 45.6 Å². The number of aromatic nitrogens is 3. The number of hydrogen-bond donors (Lipinski definition) is 2. The SMILES string of the molecule is O=C1CCCc2ccccc2N1Cc1nc(-c2ccc(Nc3nc4ccccc4[nH]3)cc2)cs1. The number of aryl methyl sites for hydroxylation is 1. The molecule has 1 aliphatic heterocycles. The van der Waals surface area contributed by atoms with Crippen molar-refractivity contribution in [2.45, 2.75) is 25.8 Å². The largest absolute Gasteiger partial charge is 0.326 e. The van der Waals surface area contributed by atoms with Gasteiger partial charge in [0, 0.05) is 28.7 Å². The van der Waals surface area contributed by atoms with E-state index in [-0.39, 0.29) is 5.91 Å². The number of nitrogens with one attached hydrogen (secondary N) is 2. The molecular weight excluding hydrogens is 442 g/mol. The molecule has 0 spiro atoms. The number of imidazole rings is 1. The molecule has 6 rings (SSSR count). The van der Waals surface area contributed by atoms with Crippen LogP contribution in [-0.4, -0.2) is 20.9 Å². The first-order valence-electron chi connectivity index (χ1n) is 11.4. The molecule has 0 radical (unpaired) electrons. The first-order valence-corrected chi connectivity index (χ1v) is 12.3. The highest BCUT2D eigenvalue weighted by molar-refractivity contribution is 7.10. The van der Waals surface area contributed by atoms with Gasteiger partial charge in [-0.3, -0.25) is 4.79 Å². The molecule has 6 nitrogen and oxygen atoms in total. The Bertz CT molecular complexity index is 1440. The Morgan fingerprint density at radius 2 is 1.76 bits per heavy atom. The minimum atomic E-state index is 0.169. The maximum absolute atomic E-state index is 12.8. The van der Waals surface area contributed by atoms with Crippen LogP contribution < -0.4 is 10.2 Å². The van der Waals surface area contributed by atoms with Crippen LogP contribution in [0.4, 0.5) is 17.3 Å². The number of H-pyrrole nitrogens is 1. The number of anilines is 3. The number of para-hydroxylation sites is 3. The van der Waals surface area contributed by atoms with Crippen molar-refractivity contribution in [3.63, 3.8) is 0 Å². The topological polar surface area (TPSA) is 73.9 Å². The van der Waals surface area contributed by atoms with Gasteiger partial charge in [0.2, 0.25) is 11.9 Å². The summed E-state index contributed by atoms with van der Waals surface area (Å²) in [5.74, 6) is 0.884. The first kappa shape index (κ1) is 20.6. The molecule has 5 aromatic rings. The predicted molar refractivity (Wildman–Crippen MR) is 137 cm³/mol. The van der Waals surface area contributed by atoms with E-state index < -0.39 is 0 Å². The summed E-state index contributed by atoms with van der Waals surface area (Å²) in [7, 11) is 0. The summed E-state index contributed by atoms with van der Waals surface area (Å²) in [6, 6.07) is 24.3. The molecule has 1 amide bonds. The zero-order valence-electron chi connectivity index (χ0n) is 18.5. The molecule has 3 heterocycles. The van der Waals surface area contributed by atoms with Crippen molar-refractivity contribution in [1.82, 2.24) is 15.0 Å². The van der Waals surface area contributed by atoms with Crippen LogP contribution in [0.3, 0.4) is 0 Å². The fourth-order valence-corrected chi connectivity index (χ4v) is 5.17. The molecule has 168 valence electrons. The molecule has 0 fully saturated rings. The Morgan fingerprint density at radius 1 is 0.941 bits per heavy atom. The van der Waals surface area contributed by atoms with Crippen LogP contribution in [0.15, 0.2) is 78.2 Å². The van der Waals surface area contributed by atoms with Crippen molar-refractivity contribution < 1.29 is 4.79 Å². The van der Waals surface area contributed by atoms with Crippen molar-refractivity contribution in [3.05, 3.63) is 88.7 Å². The highest BCUT2D eigenvalue weighted by Gasteiger charge is 2.23. The summed E-state index contributed by atoms with van der Waals surface area (Å²) < 4.78 is 0. The average molecular weight is 466 g/mol. The van der Waals surface area contributed by atoms with Gasteiger partial charge in [-0.05, 0) is 48.7 Å². The molecule has 0 unspecified atom stereocenters. The van der Waals surface area contributed by atoms with E-state index >= 15 is 0 Å². The third-order valence-corrected chi connectivity index (χ3v) is 6.93. The third-order valence-electron chi connectivity index (χ3n) is 6.10. The zero-order chi connectivity index (χ0) is 22.9. The molecule has 0 saturated heterocycles. The van der Waals surface area contributed by atoms with E-state index in [0.717, 1.165) is 51.5 Å². The number of amides is 1. The summed E-state index contributed by atoms with van der Waals surface area (Å²) in [6.45, 7) is 0.506. The molecule has 2 N–H and O–H groups in total. The number of nitrogens with zero attached hydrogens (tertiary/aromatic N) is 3. The van der Waals surface area contributed by atoms with Crippen LogP contribution in [0.25, 0.3) is 22.3 Å². The minimum absolute atomic E-state index is 0.169. The highest BCUT2D eigenvalue weighted by atomic mass is 32.1. The lowest BCUT2D eigenvalue weighted by molar-refractivity contribution is -0.118. The van der Waals surface area contributed by atoms with Crippen molar-refractivity contribution in [2.24, 2.45) is 0 Å². The van der Waals surface area contributed by atoms with E-state index in [4.69, 9.17) is 4.98 Å². The Labute approximate surface area is 201 Å². The summed E-state index contributed by atoms with van der Waals surface area (Å²) >= 11 is 1.60. The number of fused-ring (bicyclic) bond motifs is 2. The molecule has 3 aromatic carbocycles. The lowest BCUT2D eigenvalue weighted by Gasteiger charge is -2.21. The molecule has 0 atom stereocenters. The van der Waals surface area contributed by atoms with E-state index in [0.29, 0.717) is 18.9 Å². The van der Waals surface area contributed by atoms with E-state index in [2.05, 4.69) is 38.9 Å². The Balaban J connectivity index is 1.18. The van der Waals surface area contributed by atoms with Gasteiger partial charge in [0.1, 0.15) is 5.01 Å². The fraction of sp³-hybridized carbons (Fsp3) is 0.148. The second-order valence-corrected chi connectivity index (χ2v) is 9.34. The summed E-state index contributed by atoms with van der Waals surface area (Å²) in [6.07, 6.45) is 2.41. The van der Waals surface area contributed by atoms with Crippen molar-refractivity contribution in [2.75, 3.05) is 10.2 Å². The van der Waals surface area contributed by atoms with Gasteiger partial charge in [-0.2, -0.15) is 0 Å². The minimum Gasteiger partial charge on any atom is -0.326 e. The molecule has 0 bridgehead atoms. The van der Waals surface area contributed by atoms with E-state index in [1.165, 1.54) is 5.56 Å². The molecule has 1 aliphatic rings. The summed E-state index contributed by atoms with van der Waals surface area (Å²) in [4.78, 5) is 27.4. The average Bonchev–Trinajstić information content (AvgIpc) is 3.46. The number of rotatable bonds is 5. The van der Waals surface area contributed by atoms with Crippen molar-refractivity contribution in [3.8, 4) is 11.3 Å². The van der Waals surface area contributed by atoms with Crippen LogP contribution >= 0.6 is 11.3 Å². The Kier molecular flexibility index (Phi) is 5.31. The third kappa shape index (κ3) is 4.06. The van der Waals surface area contributed by atoms with E-state index in [1.807, 2.05) is 59.5 Å². The molecule has 2 aromatic heterocycles. The molecular formula is C27H23N5OS. The van der Waals surface area contributed by atoms with Crippen LogP contribution in [0.1, 0.15) is 23.4 Å². The Hall–Kier alpha value is -3.97. The lowest BCUT2D eigenvalue weighted by atomic mass is 10.1.